The largest absolute Gasteiger partial charge is 0.462 e. The number of rotatable bonds is 3. The van der Waals surface area contributed by atoms with Gasteiger partial charge in [0.2, 0.25) is 0 Å². The molecule has 5 atom stereocenters. The molecule has 1 aromatic carbocycles. The number of hydrogen-bond acceptors (Lipinski definition) is 5. The number of aliphatic hydroxyl groups is 2. The number of hydrogen-bond donors (Lipinski definition) is 2. The van der Waals surface area contributed by atoms with Gasteiger partial charge in [-0.15, -0.1) is 11.3 Å². The molecule has 0 amide bonds. The van der Waals surface area contributed by atoms with E-state index < -0.39 is 12.2 Å². The zero-order valence-electron chi connectivity index (χ0n) is 12.5. The maximum atomic E-state index is 11.4. The van der Waals surface area contributed by atoms with Gasteiger partial charge in [0.15, 0.2) is 0 Å². The van der Waals surface area contributed by atoms with Gasteiger partial charge in [-0.05, 0) is 17.5 Å². The second kappa shape index (κ2) is 5.74. The lowest BCUT2D eigenvalue weighted by atomic mass is 9.91. The predicted molar refractivity (Wildman–Crippen MR) is 88.0 cm³/mol. The van der Waals surface area contributed by atoms with E-state index in [-0.39, 0.29) is 23.9 Å². The summed E-state index contributed by atoms with van der Waals surface area (Å²) in [7, 11) is 0. The minimum atomic E-state index is -0.698. The van der Waals surface area contributed by atoms with Crippen molar-refractivity contribution in [1.82, 2.24) is 0 Å². The molecule has 0 radical (unpaired) electrons. The van der Waals surface area contributed by atoms with Crippen LogP contribution in [0.15, 0.2) is 42.5 Å². The van der Waals surface area contributed by atoms with Gasteiger partial charge in [-0.2, -0.15) is 0 Å². The summed E-state index contributed by atoms with van der Waals surface area (Å²) >= 11 is 1.57. The van der Waals surface area contributed by atoms with Crippen LogP contribution in [0.4, 0.5) is 0 Å². The van der Waals surface area contributed by atoms with Gasteiger partial charge in [0, 0.05) is 27.8 Å². The number of fused-ring (bicyclic) bond motifs is 2. The molecule has 2 aromatic rings. The summed E-state index contributed by atoms with van der Waals surface area (Å²) in [6, 6.07) is 10.0. The summed E-state index contributed by atoms with van der Waals surface area (Å²) < 4.78 is 6.37. The molecule has 2 fully saturated rings. The monoisotopic (exact) mass is 330 g/mol. The summed E-state index contributed by atoms with van der Waals surface area (Å²) in [6.45, 7) is 0. The molecule has 4 rings (SSSR count). The number of carbonyl (C=O) groups is 1. The Balaban J connectivity index is 1.52. The minimum Gasteiger partial charge on any atom is -0.462 e. The fourth-order valence-electron chi connectivity index (χ4n) is 3.66. The highest BCUT2D eigenvalue weighted by Crippen LogP contribution is 2.42. The van der Waals surface area contributed by atoms with Crippen LogP contribution >= 0.6 is 11.3 Å². The fourth-order valence-corrected chi connectivity index (χ4v) is 4.69. The molecule has 120 valence electrons. The van der Waals surface area contributed by atoms with E-state index in [2.05, 4.69) is 0 Å². The maximum Gasteiger partial charge on any atom is 0.306 e. The second-order valence-corrected chi connectivity index (χ2v) is 7.41. The van der Waals surface area contributed by atoms with Gasteiger partial charge in [-0.25, -0.2) is 0 Å². The van der Waals surface area contributed by atoms with Crippen molar-refractivity contribution >= 4 is 27.4 Å². The van der Waals surface area contributed by atoms with Crippen LogP contribution in [0, 0.1) is 11.8 Å². The average Bonchev–Trinajstić information content (AvgIpc) is 3.17. The molecule has 0 bridgehead atoms. The topological polar surface area (TPSA) is 66.8 Å². The number of carbonyl (C=O) groups excluding carboxylic acids is 1. The highest BCUT2D eigenvalue weighted by Gasteiger charge is 2.48. The van der Waals surface area contributed by atoms with Crippen molar-refractivity contribution in [2.45, 2.75) is 31.2 Å². The molecule has 1 saturated carbocycles. The summed E-state index contributed by atoms with van der Waals surface area (Å²) in [5, 5.41) is 21.7. The van der Waals surface area contributed by atoms with Crippen LogP contribution in [-0.4, -0.2) is 28.4 Å². The standard InChI is InChI=1S/C18H18O4S/c19-13(17-7-10-3-1-2-4-16(10)23-17)6-5-11-12-8-18(21)22-15(12)9-14(11)20/h1-7,11-15,19-20H,8-9H2/t11-,12-,13-,14-,15+/m1/s1. The van der Waals surface area contributed by atoms with Crippen molar-refractivity contribution < 1.29 is 19.7 Å². The van der Waals surface area contributed by atoms with Crippen LogP contribution in [-0.2, 0) is 9.53 Å². The van der Waals surface area contributed by atoms with Gasteiger partial charge in [0.05, 0.1) is 12.5 Å². The Labute approximate surface area is 138 Å². The van der Waals surface area contributed by atoms with Crippen LogP contribution in [0.5, 0.6) is 0 Å². The van der Waals surface area contributed by atoms with Gasteiger partial charge in [0.25, 0.3) is 0 Å². The van der Waals surface area contributed by atoms with E-state index in [0.29, 0.717) is 12.8 Å². The summed E-state index contributed by atoms with van der Waals surface area (Å²) in [4.78, 5) is 12.3. The molecule has 2 heterocycles. The lowest BCUT2D eigenvalue weighted by Crippen LogP contribution is -2.17. The predicted octanol–water partition coefficient (Wildman–Crippen LogP) is 2.80. The third-order valence-corrected chi connectivity index (χ3v) is 6.01. The summed E-state index contributed by atoms with van der Waals surface area (Å²) in [6.07, 6.45) is 3.05. The minimum absolute atomic E-state index is 0.0309. The Morgan fingerprint density at radius 2 is 2.17 bits per heavy atom. The molecule has 2 aliphatic rings. The van der Waals surface area contributed by atoms with E-state index in [1.807, 2.05) is 36.4 Å². The maximum absolute atomic E-state index is 11.4. The first kappa shape index (κ1) is 14.9. The summed E-state index contributed by atoms with van der Waals surface area (Å²) in [5.41, 5.74) is 0. The number of thiophene rings is 1. The number of esters is 1. The van der Waals surface area contributed by atoms with Crippen LogP contribution in [0.25, 0.3) is 10.1 Å². The molecule has 0 unspecified atom stereocenters. The third-order valence-electron chi connectivity index (χ3n) is 4.83. The highest BCUT2D eigenvalue weighted by atomic mass is 32.1. The van der Waals surface area contributed by atoms with Crippen LogP contribution < -0.4 is 0 Å². The number of aliphatic hydroxyl groups excluding tert-OH is 2. The van der Waals surface area contributed by atoms with E-state index in [1.54, 1.807) is 17.4 Å². The first-order chi connectivity index (χ1) is 11.1. The molecule has 1 aromatic heterocycles. The third kappa shape index (κ3) is 2.69. The molecule has 1 saturated heterocycles. The van der Waals surface area contributed by atoms with Crippen molar-refractivity contribution in [3.63, 3.8) is 0 Å². The average molecular weight is 330 g/mol. The van der Waals surface area contributed by atoms with E-state index in [0.717, 1.165) is 15.0 Å². The Morgan fingerprint density at radius 1 is 1.35 bits per heavy atom. The molecule has 5 heteroatoms. The van der Waals surface area contributed by atoms with Crippen molar-refractivity contribution in [2.24, 2.45) is 11.8 Å². The molecule has 4 nitrogen and oxygen atoms in total. The van der Waals surface area contributed by atoms with Gasteiger partial charge in [-0.3, -0.25) is 4.79 Å². The Kier molecular flexibility index (Phi) is 3.71. The molecule has 0 spiro atoms. The quantitative estimate of drug-likeness (QED) is 0.671. The van der Waals surface area contributed by atoms with Crippen LogP contribution in [0.3, 0.4) is 0 Å². The highest BCUT2D eigenvalue weighted by molar-refractivity contribution is 7.19. The lowest BCUT2D eigenvalue weighted by Gasteiger charge is -2.15. The lowest BCUT2D eigenvalue weighted by molar-refractivity contribution is -0.141. The zero-order valence-corrected chi connectivity index (χ0v) is 13.3. The SMILES string of the molecule is O=C1C[C@@H]2[C@@H](C=C[C@@H](O)c3cc4ccccc4s3)[C@H](O)C[C@@H]2O1. The van der Waals surface area contributed by atoms with E-state index in [9.17, 15) is 15.0 Å². The van der Waals surface area contributed by atoms with Crippen molar-refractivity contribution in [3.8, 4) is 0 Å². The van der Waals surface area contributed by atoms with E-state index in [4.69, 9.17) is 4.74 Å². The van der Waals surface area contributed by atoms with Gasteiger partial charge in [-0.1, -0.05) is 30.4 Å². The first-order valence-electron chi connectivity index (χ1n) is 7.84. The number of benzene rings is 1. The molecule has 1 aliphatic carbocycles. The number of ether oxygens (including phenoxy) is 1. The van der Waals surface area contributed by atoms with E-state index >= 15 is 0 Å². The van der Waals surface area contributed by atoms with Crippen molar-refractivity contribution in [2.75, 3.05) is 0 Å². The molecular weight excluding hydrogens is 312 g/mol. The Morgan fingerprint density at radius 3 is 3.00 bits per heavy atom. The van der Waals surface area contributed by atoms with Crippen LogP contribution in [0.2, 0.25) is 0 Å². The Bertz CT molecular complexity index is 732. The van der Waals surface area contributed by atoms with Crippen LogP contribution in [0.1, 0.15) is 23.8 Å². The molecule has 23 heavy (non-hydrogen) atoms. The van der Waals surface area contributed by atoms with Gasteiger partial charge in [0.1, 0.15) is 12.2 Å². The van der Waals surface area contributed by atoms with E-state index in [1.165, 1.54) is 0 Å². The smallest absolute Gasteiger partial charge is 0.306 e. The Hall–Kier alpha value is -1.69. The van der Waals surface area contributed by atoms with Crippen molar-refractivity contribution in [1.29, 1.82) is 0 Å². The van der Waals surface area contributed by atoms with Gasteiger partial charge < -0.3 is 14.9 Å². The molecular formula is C18H18O4S. The van der Waals surface area contributed by atoms with Gasteiger partial charge >= 0.3 is 5.97 Å². The zero-order chi connectivity index (χ0) is 16.0. The molecule has 2 N–H and O–H groups in total. The van der Waals surface area contributed by atoms with Crippen molar-refractivity contribution in [3.05, 3.63) is 47.4 Å². The second-order valence-electron chi connectivity index (χ2n) is 6.29. The fraction of sp³-hybridized carbons (Fsp3) is 0.389. The first-order valence-corrected chi connectivity index (χ1v) is 8.66. The molecule has 1 aliphatic heterocycles. The normalized spacial score (nSPS) is 31.7. The summed E-state index contributed by atoms with van der Waals surface area (Å²) in [5.74, 6) is -0.283.